The summed E-state index contributed by atoms with van der Waals surface area (Å²) >= 11 is 0. The summed E-state index contributed by atoms with van der Waals surface area (Å²) < 4.78 is 10.5. The van der Waals surface area contributed by atoms with E-state index in [0.717, 1.165) is 11.1 Å². The van der Waals surface area contributed by atoms with Gasteiger partial charge in [-0.25, -0.2) is 4.79 Å². The van der Waals surface area contributed by atoms with E-state index in [4.69, 9.17) is 14.6 Å². The maximum Gasteiger partial charge on any atom is 0.345 e. The minimum Gasteiger partial charge on any atom is -0.489 e. The third kappa shape index (κ3) is 4.81. The van der Waals surface area contributed by atoms with E-state index in [0.29, 0.717) is 12.4 Å². The molecule has 0 saturated heterocycles. The molecule has 2 aromatic carbocycles. The second kappa shape index (κ2) is 8.30. The molecule has 0 aromatic heterocycles. The molecule has 0 heterocycles. The van der Waals surface area contributed by atoms with Gasteiger partial charge >= 0.3 is 5.97 Å². The molecule has 0 fully saturated rings. The van der Waals surface area contributed by atoms with Crippen LogP contribution in [0.5, 0.6) is 5.75 Å². The number of rotatable bonds is 8. The van der Waals surface area contributed by atoms with Crippen LogP contribution >= 0.6 is 0 Å². The van der Waals surface area contributed by atoms with Crippen LogP contribution < -0.4 is 10.1 Å². The Morgan fingerprint density at radius 2 is 1.68 bits per heavy atom. The molecule has 0 spiro atoms. The van der Waals surface area contributed by atoms with E-state index in [1.165, 1.54) is 14.0 Å². The molecule has 1 atom stereocenters. The first-order valence-electron chi connectivity index (χ1n) is 7.78. The number of hydrogen-bond acceptors (Lipinski definition) is 4. The highest BCUT2D eigenvalue weighted by atomic mass is 16.5. The second-order valence-corrected chi connectivity index (χ2v) is 5.64. The van der Waals surface area contributed by atoms with Crippen molar-refractivity contribution < 1.29 is 24.2 Å². The number of ether oxygens (including phenoxy) is 2. The van der Waals surface area contributed by atoms with Gasteiger partial charge < -0.3 is 19.9 Å². The quantitative estimate of drug-likeness (QED) is 0.719. The Bertz CT molecular complexity index is 714. The van der Waals surface area contributed by atoms with Crippen molar-refractivity contribution >= 4 is 11.9 Å². The number of methoxy groups -OCH3 is 1. The van der Waals surface area contributed by atoms with Crippen LogP contribution in [0, 0.1) is 0 Å². The molecule has 1 unspecified atom stereocenters. The van der Waals surface area contributed by atoms with Gasteiger partial charge in [-0.1, -0.05) is 42.5 Å². The monoisotopic (exact) mass is 343 g/mol. The molecule has 0 saturated carbocycles. The molecule has 2 rings (SSSR count). The van der Waals surface area contributed by atoms with Gasteiger partial charge in [0.25, 0.3) is 5.91 Å². The zero-order valence-electron chi connectivity index (χ0n) is 14.2. The fourth-order valence-corrected chi connectivity index (χ4v) is 2.07. The summed E-state index contributed by atoms with van der Waals surface area (Å²) in [5, 5.41) is 11.7. The van der Waals surface area contributed by atoms with Crippen LogP contribution in [-0.2, 0) is 27.5 Å². The van der Waals surface area contributed by atoms with Crippen LogP contribution in [0.25, 0.3) is 0 Å². The molecule has 25 heavy (non-hydrogen) atoms. The fourth-order valence-electron chi connectivity index (χ4n) is 2.07. The minimum atomic E-state index is -1.90. The lowest BCUT2D eigenvalue weighted by molar-refractivity contribution is -0.167. The normalized spacial score (nSPS) is 12.9. The van der Waals surface area contributed by atoms with E-state index >= 15 is 0 Å². The number of hydrogen-bond donors (Lipinski definition) is 2. The highest BCUT2D eigenvalue weighted by Gasteiger charge is 2.41. The standard InChI is InChI=1S/C19H21NO5/c1-19(24-2,18(22)23)17(21)20-12-14-8-10-16(11-9-14)25-13-15-6-4-3-5-7-15/h3-11H,12-13H2,1-2H3,(H,20,21)(H,22,23). The molecule has 0 aliphatic rings. The van der Waals surface area contributed by atoms with Crippen LogP contribution in [0.3, 0.4) is 0 Å². The molecule has 0 aliphatic heterocycles. The Kier molecular flexibility index (Phi) is 6.14. The Labute approximate surface area is 146 Å². The average Bonchev–Trinajstić information content (AvgIpc) is 2.65. The van der Waals surface area contributed by atoms with Crippen molar-refractivity contribution in [3.63, 3.8) is 0 Å². The van der Waals surface area contributed by atoms with Crippen molar-refractivity contribution in [3.8, 4) is 5.75 Å². The topological polar surface area (TPSA) is 84.9 Å². The second-order valence-electron chi connectivity index (χ2n) is 5.64. The first kappa shape index (κ1) is 18.5. The van der Waals surface area contributed by atoms with Gasteiger partial charge in [-0.05, 0) is 30.2 Å². The number of carboxylic acids is 1. The number of carboxylic acid groups (broad SMARTS) is 1. The van der Waals surface area contributed by atoms with E-state index in [9.17, 15) is 9.59 Å². The first-order valence-corrected chi connectivity index (χ1v) is 7.78. The predicted octanol–water partition coefficient (Wildman–Crippen LogP) is 2.37. The van der Waals surface area contributed by atoms with Gasteiger partial charge in [0, 0.05) is 13.7 Å². The van der Waals surface area contributed by atoms with Gasteiger partial charge in [0.2, 0.25) is 5.60 Å². The van der Waals surface area contributed by atoms with Crippen LogP contribution in [-0.4, -0.2) is 29.7 Å². The smallest absolute Gasteiger partial charge is 0.345 e. The number of aliphatic carboxylic acids is 1. The van der Waals surface area contributed by atoms with Gasteiger partial charge in [0.15, 0.2) is 0 Å². The fraction of sp³-hybridized carbons (Fsp3) is 0.263. The van der Waals surface area contributed by atoms with E-state index in [1.54, 1.807) is 12.1 Å². The summed E-state index contributed by atoms with van der Waals surface area (Å²) in [7, 11) is 1.19. The Hall–Kier alpha value is -2.86. The van der Waals surface area contributed by atoms with E-state index in [2.05, 4.69) is 5.32 Å². The summed E-state index contributed by atoms with van der Waals surface area (Å²) in [6.45, 7) is 1.89. The van der Waals surface area contributed by atoms with Crippen LogP contribution in [0.4, 0.5) is 0 Å². The molecular weight excluding hydrogens is 322 g/mol. The Morgan fingerprint density at radius 1 is 1.04 bits per heavy atom. The van der Waals surface area contributed by atoms with Gasteiger partial charge in [0.05, 0.1) is 0 Å². The number of carbonyl (C=O) groups excluding carboxylic acids is 1. The molecule has 0 bridgehead atoms. The van der Waals surface area contributed by atoms with Crippen molar-refractivity contribution in [2.24, 2.45) is 0 Å². The number of carbonyl (C=O) groups is 2. The maximum absolute atomic E-state index is 12.0. The lowest BCUT2D eigenvalue weighted by Crippen LogP contribution is -2.51. The summed E-state index contributed by atoms with van der Waals surface area (Å²) in [6, 6.07) is 17.1. The summed E-state index contributed by atoms with van der Waals surface area (Å²) in [6.07, 6.45) is 0. The van der Waals surface area contributed by atoms with Gasteiger partial charge in [-0.15, -0.1) is 0 Å². The van der Waals surface area contributed by atoms with Gasteiger partial charge in [-0.2, -0.15) is 0 Å². The number of nitrogens with one attached hydrogen (secondary N) is 1. The lowest BCUT2D eigenvalue weighted by Gasteiger charge is -2.21. The first-order chi connectivity index (χ1) is 12.0. The molecule has 132 valence electrons. The molecule has 6 heteroatoms. The van der Waals surface area contributed by atoms with Gasteiger partial charge in [-0.3, -0.25) is 4.79 Å². The van der Waals surface area contributed by atoms with Crippen LogP contribution in [0.2, 0.25) is 0 Å². The van der Waals surface area contributed by atoms with E-state index < -0.39 is 17.5 Å². The minimum absolute atomic E-state index is 0.198. The average molecular weight is 343 g/mol. The maximum atomic E-state index is 12.0. The summed E-state index contributed by atoms with van der Waals surface area (Å²) in [4.78, 5) is 23.1. The molecule has 0 radical (unpaired) electrons. The van der Waals surface area contributed by atoms with Crippen molar-refractivity contribution in [2.45, 2.75) is 25.7 Å². The summed E-state index contributed by atoms with van der Waals surface area (Å²) in [5.41, 5.74) is -0.00532. The van der Waals surface area contributed by atoms with Crippen LogP contribution in [0.1, 0.15) is 18.1 Å². The zero-order chi connectivity index (χ0) is 18.3. The Balaban J connectivity index is 1.88. The molecule has 0 aliphatic carbocycles. The highest BCUT2D eigenvalue weighted by Crippen LogP contribution is 2.15. The largest absolute Gasteiger partial charge is 0.489 e. The third-order valence-electron chi connectivity index (χ3n) is 3.87. The predicted molar refractivity (Wildman–Crippen MR) is 92.1 cm³/mol. The molecular formula is C19H21NO5. The SMILES string of the molecule is COC(C)(C(=O)O)C(=O)NCc1ccc(OCc2ccccc2)cc1. The number of benzene rings is 2. The van der Waals surface area contributed by atoms with E-state index in [1.807, 2.05) is 42.5 Å². The number of amides is 1. The van der Waals surface area contributed by atoms with Crippen molar-refractivity contribution in [3.05, 3.63) is 65.7 Å². The molecule has 2 aromatic rings. The molecule has 1 amide bonds. The summed E-state index contributed by atoms with van der Waals surface area (Å²) in [5.74, 6) is -1.32. The zero-order valence-corrected chi connectivity index (χ0v) is 14.2. The molecule has 2 N–H and O–H groups in total. The van der Waals surface area contributed by atoms with Gasteiger partial charge in [0.1, 0.15) is 12.4 Å². The van der Waals surface area contributed by atoms with Crippen molar-refractivity contribution in [2.75, 3.05) is 7.11 Å². The molecule has 6 nitrogen and oxygen atoms in total. The lowest BCUT2D eigenvalue weighted by atomic mass is 10.1. The van der Waals surface area contributed by atoms with Crippen molar-refractivity contribution in [1.82, 2.24) is 5.32 Å². The van der Waals surface area contributed by atoms with E-state index in [-0.39, 0.29) is 6.54 Å². The Morgan fingerprint density at radius 3 is 2.24 bits per heavy atom. The highest BCUT2D eigenvalue weighted by molar-refractivity contribution is 6.04. The van der Waals surface area contributed by atoms with Crippen molar-refractivity contribution in [1.29, 1.82) is 0 Å². The third-order valence-corrected chi connectivity index (χ3v) is 3.87. The van der Waals surface area contributed by atoms with Crippen LogP contribution in [0.15, 0.2) is 54.6 Å².